The highest BCUT2D eigenvalue weighted by Crippen LogP contribution is 2.40. The first-order valence-corrected chi connectivity index (χ1v) is 6.82. The lowest BCUT2D eigenvalue weighted by Gasteiger charge is -2.33. The predicted octanol–water partition coefficient (Wildman–Crippen LogP) is 5.01. The zero-order valence-corrected chi connectivity index (χ0v) is 10.7. The molecule has 1 aliphatic rings. The minimum Gasteiger partial charge on any atom is -0.0628 e. The van der Waals surface area contributed by atoms with Gasteiger partial charge in [0.05, 0.1) is 0 Å². The Morgan fingerprint density at radius 1 is 1.06 bits per heavy atom. The molecule has 0 N–H and O–H groups in total. The highest BCUT2D eigenvalue weighted by atomic mass is 14.3. The Labute approximate surface area is 100 Å². The van der Waals surface area contributed by atoms with Gasteiger partial charge in [-0.2, -0.15) is 0 Å². The summed E-state index contributed by atoms with van der Waals surface area (Å²) >= 11 is 0. The minimum absolute atomic E-state index is 0.831. The molecular formula is C16H24. The summed E-state index contributed by atoms with van der Waals surface area (Å²) < 4.78 is 0. The molecule has 0 amide bonds. The molecule has 2 rings (SSSR count). The van der Waals surface area contributed by atoms with E-state index >= 15 is 0 Å². The minimum atomic E-state index is 0.831. The van der Waals surface area contributed by atoms with Gasteiger partial charge in [-0.25, -0.2) is 0 Å². The summed E-state index contributed by atoms with van der Waals surface area (Å²) in [6.45, 7) is 4.72. The van der Waals surface area contributed by atoms with Crippen LogP contribution < -0.4 is 0 Å². The van der Waals surface area contributed by atoms with E-state index in [9.17, 15) is 0 Å². The van der Waals surface area contributed by atoms with E-state index in [-0.39, 0.29) is 0 Å². The fraction of sp³-hybridized carbons (Fsp3) is 0.625. The lowest BCUT2D eigenvalue weighted by atomic mass is 9.72. The van der Waals surface area contributed by atoms with Crippen molar-refractivity contribution in [3.8, 4) is 0 Å². The molecule has 16 heavy (non-hydrogen) atoms. The third kappa shape index (κ3) is 2.87. The van der Waals surface area contributed by atoms with Gasteiger partial charge in [0.15, 0.2) is 0 Å². The second kappa shape index (κ2) is 5.52. The average molecular weight is 216 g/mol. The van der Waals surface area contributed by atoms with E-state index in [2.05, 4.69) is 44.2 Å². The molecule has 0 bridgehead atoms. The van der Waals surface area contributed by atoms with Crippen LogP contribution in [-0.4, -0.2) is 0 Å². The Morgan fingerprint density at radius 2 is 1.75 bits per heavy atom. The highest BCUT2D eigenvalue weighted by Gasteiger charge is 2.26. The van der Waals surface area contributed by atoms with Crippen molar-refractivity contribution in [3.63, 3.8) is 0 Å². The predicted molar refractivity (Wildman–Crippen MR) is 70.6 cm³/mol. The van der Waals surface area contributed by atoms with E-state index in [0.29, 0.717) is 0 Å². The number of benzene rings is 1. The second-order valence-electron chi connectivity index (χ2n) is 5.69. The molecule has 0 spiro atoms. The third-order valence-corrected chi connectivity index (χ3v) is 3.91. The molecule has 0 nitrogen and oxygen atoms in total. The number of rotatable bonds is 3. The molecule has 0 aromatic heterocycles. The molecular weight excluding hydrogens is 192 g/mol. The van der Waals surface area contributed by atoms with E-state index in [1.807, 2.05) is 0 Å². The van der Waals surface area contributed by atoms with Crippen LogP contribution >= 0.6 is 0 Å². The van der Waals surface area contributed by atoms with E-state index in [1.54, 1.807) is 5.56 Å². The molecule has 1 aliphatic carbocycles. The fourth-order valence-electron chi connectivity index (χ4n) is 3.23. The maximum absolute atomic E-state index is 2.36. The fourth-order valence-corrected chi connectivity index (χ4v) is 3.23. The standard InChI is InChI=1S/C16H24/c1-13(2)12-15-10-6-7-11-16(15)14-8-4-3-5-9-14/h3-5,8-9,13,15-16H,6-7,10-12H2,1-2H3. The summed E-state index contributed by atoms with van der Waals surface area (Å²) in [5.41, 5.74) is 1.58. The largest absolute Gasteiger partial charge is 0.0628 e. The SMILES string of the molecule is CC(C)CC1CCCCC1c1ccccc1. The van der Waals surface area contributed by atoms with Crippen LogP contribution in [-0.2, 0) is 0 Å². The molecule has 1 aromatic rings. The second-order valence-corrected chi connectivity index (χ2v) is 5.69. The molecule has 0 saturated heterocycles. The molecule has 0 heteroatoms. The van der Waals surface area contributed by atoms with Gasteiger partial charge in [0, 0.05) is 0 Å². The van der Waals surface area contributed by atoms with Crippen LogP contribution in [0.25, 0.3) is 0 Å². The van der Waals surface area contributed by atoms with Gasteiger partial charge in [0.25, 0.3) is 0 Å². The normalized spacial score (nSPS) is 25.9. The van der Waals surface area contributed by atoms with Crippen molar-refractivity contribution in [3.05, 3.63) is 35.9 Å². The monoisotopic (exact) mass is 216 g/mol. The first kappa shape index (κ1) is 11.7. The van der Waals surface area contributed by atoms with Crippen molar-refractivity contribution in [2.24, 2.45) is 11.8 Å². The molecule has 0 aliphatic heterocycles. The zero-order valence-electron chi connectivity index (χ0n) is 10.7. The zero-order chi connectivity index (χ0) is 11.4. The Hall–Kier alpha value is -0.780. The van der Waals surface area contributed by atoms with E-state index in [4.69, 9.17) is 0 Å². The molecule has 88 valence electrons. The molecule has 1 fully saturated rings. The molecule has 1 saturated carbocycles. The number of hydrogen-bond donors (Lipinski definition) is 0. The van der Waals surface area contributed by atoms with Crippen molar-refractivity contribution in [1.82, 2.24) is 0 Å². The quantitative estimate of drug-likeness (QED) is 0.666. The Bertz CT molecular complexity index is 299. The number of hydrogen-bond acceptors (Lipinski definition) is 0. The average Bonchev–Trinajstić information content (AvgIpc) is 2.30. The van der Waals surface area contributed by atoms with Gasteiger partial charge < -0.3 is 0 Å². The molecule has 0 heterocycles. The van der Waals surface area contributed by atoms with E-state index in [1.165, 1.54) is 32.1 Å². The molecule has 2 atom stereocenters. The summed E-state index contributed by atoms with van der Waals surface area (Å²) in [6.07, 6.45) is 7.12. The van der Waals surface area contributed by atoms with Gasteiger partial charge in [0.2, 0.25) is 0 Å². The Kier molecular flexibility index (Phi) is 4.04. The van der Waals surface area contributed by atoms with Gasteiger partial charge >= 0.3 is 0 Å². The maximum Gasteiger partial charge on any atom is -0.0134 e. The summed E-state index contributed by atoms with van der Waals surface area (Å²) in [5.74, 6) is 2.60. The smallest absolute Gasteiger partial charge is 0.0134 e. The summed E-state index contributed by atoms with van der Waals surface area (Å²) in [6, 6.07) is 11.2. The van der Waals surface area contributed by atoms with Crippen LogP contribution in [0.5, 0.6) is 0 Å². The first-order chi connectivity index (χ1) is 7.77. The Balaban J connectivity index is 2.10. The molecule has 0 radical (unpaired) electrons. The van der Waals surface area contributed by atoms with Gasteiger partial charge in [0.1, 0.15) is 0 Å². The van der Waals surface area contributed by atoms with Crippen molar-refractivity contribution in [2.45, 2.75) is 51.9 Å². The first-order valence-electron chi connectivity index (χ1n) is 6.82. The summed E-state index contributed by atoms with van der Waals surface area (Å²) in [4.78, 5) is 0. The Morgan fingerprint density at radius 3 is 2.44 bits per heavy atom. The van der Waals surface area contributed by atoms with Crippen LogP contribution in [0, 0.1) is 11.8 Å². The topological polar surface area (TPSA) is 0 Å². The van der Waals surface area contributed by atoms with Crippen molar-refractivity contribution in [2.75, 3.05) is 0 Å². The lowest BCUT2D eigenvalue weighted by Crippen LogP contribution is -2.19. The molecule has 2 unspecified atom stereocenters. The third-order valence-electron chi connectivity index (χ3n) is 3.91. The van der Waals surface area contributed by atoms with Gasteiger partial charge in [-0.3, -0.25) is 0 Å². The van der Waals surface area contributed by atoms with Gasteiger partial charge in [-0.15, -0.1) is 0 Å². The van der Waals surface area contributed by atoms with Crippen LogP contribution in [0.2, 0.25) is 0 Å². The van der Waals surface area contributed by atoms with Gasteiger partial charge in [-0.1, -0.05) is 57.0 Å². The van der Waals surface area contributed by atoms with E-state index in [0.717, 1.165) is 17.8 Å². The van der Waals surface area contributed by atoms with Crippen LogP contribution in [0.4, 0.5) is 0 Å². The summed E-state index contributed by atoms with van der Waals surface area (Å²) in [5, 5.41) is 0. The summed E-state index contributed by atoms with van der Waals surface area (Å²) in [7, 11) is 0. The van der Waals surface area contributed by atoms with Crippen molar-refractivity contribution >= 4 is 0 Å². The van der Waals surface area contributed by atoms with Crippen molar-refractivity contribution < 1.29 is 0 Å². The van der Waals surface area contributed by atoms with Crippen LogP contribution in [0.1, 0.15) is 57.4 Å². The van der Waals surface area contributed by atoms with Gasteiger partial charge in [-0.05, 0) is 42.6 Å². The van der Waals surface area contributed by atoms with Crippen LogP contribution in [0.3, 0.4) is 0 Å². The van der Waals surface area contributed by atoms with E-state index < -0.39 is 0 Å². The lowest BCUT2D eigenvalue weighted by molar-refractivity contribution is 0.263. The maximum atomic E-state index is 2.36. The molecule has 1 aromatic carbocycles. The van der Waals surface area contributed by atoms with Crippen molar-refractivity contribution in [1.29, 1.82) is 0 Å². The van der Waals surface area contributed by atoms with Crippen LogP contribution in [0.15, 0.2) is 30.3 Å². The highest BCUT2D eigenvalue weighted by molar-refractivity contribution is 5.20.